The largest absolute Gasteiger partial charge is 0.407 e. The molecule has 0 fully saturated rings. The lowest BCUT2D eigenvalue weighted by atomic mass is 10.1. The lowest BCUT2D eigenvalue weighted by Gasteiger charge is -2.04. The summed E-state index contributed by atoms with van der Waals surface area (Å²) >= 11 is 0. The molecule has 0 aliphatic heterocycles. The van der Waals surface area contributed by atoms with Gasteiger partial charge in [-0.2, -0.15) is 0 Å². The Morgan fingerprint density at radius 1 is 0.952 bits per heavy atom. The number of hydrogen-bond acceptors (Lipinski definition) is 5. The molecule has 0 spiro atoms. The molecule has 21 heavy (non-hydrogen) atoms. The molecule has 0 atom stereocenters. The number of hydrogen-bond donors (Lipinski definition) is 2. The minimum absolute atomic E-state index is 0.422. The van der Waals surface area contributed by atoms with Crippen molar-refractivity contribution < 1.29 is 4.42 Å². The first-order valence-corrected chi connectivity index (χ1v) is 8.52. The van der Waals surface area contributed by atoms with Gasteiger partial charge in [-0.15, -0.1) is 5.10 Å². The molecule has 1 aromatic rings. The average Bonchev–Trinajstić information content (AvgIpc) is 2.91. The van der Waals surface area contributed by atoms with Crippen LogP contribution in [0.3, 0.4) is 0 Å². The fraction of sp³-hybridized carbons (Fsp3) is 0.875. The third-order valence-electron chi connectivity index (χ3n) is 3.43. The molecule has 0 bridgehead atoms. The van der Waals surface area contributed by atoms with Gasteiger partial charge in [0.15, 0.2) is 0 Å². The highest BCUT2D eigenvalue weighted by atomic mass is 16.4. The van der Waals surface area contributed by atoms with Gasteiger partial charge < -0.3 is 15.1 Å². The fourth-order valence-corrected chi connectivity index (χ4v) is 2.14. The number of rotatable bonds is 13. The van der Waals surface area contributed by atoms with Gasteiger partial charge in [-0.3, -0.25) is 0 Å². The van der Waals surface area contributed by atoms with Crippen LogP contribution in [0, 0.1) is 0 Å². The molecule has 0 radical (unpaired) electrons. The standard InChI is InChI=1S/C16H32N4O/c1-4-5-6-7-8-9-10-11-12-17-16-20-19-15(21-16)13-18-14(2)3/h14,18H,4-13H2,1-3H3,(H,17,20). The second kappa shape index (κ2) is 11.5. The zero-order valence-corrected chi connectivity index (χ0v) is 14.0. The second-order valence-corrected chi connectivity index (χ2v) is 5.94. The Balaban J connectivity index is 1.97. The Bertz CT molecular complexity index is 352. The van der Waals surface area contributed by atoms with Gasteiger partial charge in [-0.1, -0.05) is 70.8 Å². The molecule has 0 amide bonds. The zero-order valence-electron chi connectivity index (χ0n) is 14.0. The number of nitrogens with zero attached hydrogens (tertiary/aromatic N) is 2. The number of anilines is 1. The monoisotopic (exact) mass is 296 g/mol. The lowest BCUT2D eigenvalue weighted by molar-refractivity contribution is 0.458. The van der Waals surface area contributed by atoms with Gasteiger partial charge in [0.1, 0.15) is 0 Å². The summed E-state index contributed by atoms with van der Waals surface area (Å²) in [5.41, 5.74) is 0. The smallest absolute Gasteiger partial charge is 0.315 e. The van der Waals surface area contributed by atoms with E-state index in [0.717, 1.165) is 13.0 Å². The molecule has 5 nitrogen and oxygen atoms in total. The predicted octanol–water partition coefficient (Wildman–Crippen LogP) is 4.12. The molecule has 0 unspecified atom stereocenters. The summed E-state index contributed by atoms with van der Waals surface area (Å²) in [6.07, 6.45) is 10.6. The van der Waals surface area contributed by atoms with Gasteiger partial charge in [-0.05, 0) is 6.42 Å². The molecule has 1 rings (SSSR count). The van der Waals surface area contributed by atoms with Crippen LogP contribution in [0.4, 0.5) is 6.01 Å². The first kappa shape index (κ1) is 18.0. The summed E-state index contributed by atoms with van der Waals surface area (Å²) in [6, 6.07) is 0.962. The Labute approximate surface area is 129 Å². The molecule has 5 heteroatoms. The maximum absolute atomic E-state index is 5.51. The van der Waals surface area contributed by atoms with Gasteiger partial charge in [0.2, 0.25) is 5.89 Å². The molecule has 1 heterocycles. The minimum Gasteiger partial charge on any atom is -0.407 e. The van der Waals surface area contributed by atoms with E-state index in [4.69, 9.17) is 4.42 Å². The average molecular weight is 296 g/mol. The van der Waals surface area contributed by atoms with Crippen LogP contribution in [0.5, 0.6) is 0 Å². The highest BCUT2D eigenvalue weighted by Crippen LogP contribution is 2.09. The van der Waals surface area contributed by atoms with E-state index in [1.54, 1.807) is 0 Å². The van der Waals surface area contributed by atoms with Crippen molar-refractivity contribution in [2.24, 2.45) is 0 Å². The first-order valence-electron chi connectivity index (χ1n) is 8.52. The lowest BCUT2D eigenvalue weighted by Crippen LogP contribution is -2.21. The van der Waals surface area contributed by atoms with Crippen LogP contribution < -0.4 is 10.6 Å². The normalized spacial score (nSPS) is 11.2. The molecular weight excluding hydrogens is 264 g/mol. The van der Waals surface area contributed by atoms with Crippen molar-refractivity contribution in [3.05, 3.63) is 5.89 Å². The summed E-state index contributed by atoms with van der Waals surface area (Å²) in [7, 11) is 0. The van der Waals surface area contributed by atoms with Crippen LogP contribution in [0.2, 0.25) is 0 Å². The van der Waals surface area contributed by atoms with Crippen LogP contribution in [-0.4, -0.2) is 22.8 Å². The van der Waals surface area contributed by atoms with Crippen molar-refractivity contribution in [1.82, 2.24) is 15.5 Å². The van der Waals surface area contributed by atoms with Crippen molar-refractivity contribution in [2.45, 2.75) is 84.7 Å². The number of unbranched alkanes of at least 4 members (excludes halogenated alkanes) is 7. The van der Waals surface area contributed by atoms with Crippen molar-refractivity contribution in [2.75, 3.05) is 11.9 Å². The van der Waals surface area contributed by atoms with Crippen LogP contribution >= 0.6 is 0 Å². The van der Waals surface area contributed by atoms with Crippen LogP contribution in [-0.2, 0) is 6.54 Å². The van der Waals surface area contributed by atoms with Crippen molar-refractivity contribution in [3.8, 4) is 0 Å². The topological polar surface area (TPSA) is 63.0 Å². The molecular formula is C16H32N4O. The first-order chi connectivity index (χ1) is 10.2. The highest BCUT2D eigenvalue weighted by molar-refractivity contribution is 5.16. The van der Waals surface area contributed by atoms with Crippen molar-refractivity contribution >= 4 is 6.01 Å². The molecule has 2 N–H and O–H groups in total. The van der Waals surface area contributed by atoms with Crippen LogP contribution in [0.15, 0.2) is 4.42 Å². The highest BCUT2D eigenvalue weighted by Gasteiger charge is 2.05. The third kappa shape index (κ3) is 9.45. The van der Waals surface area contributed by atoms with Gasteiger partial charge >= 0.3 is 6.01 Å². The summed E-state index contributed by atoms with van der Waals surface area (Å²) in [5, 5.41) is 14.4. The molecule has 0 aliphatic rings. The van der Waals surface area contributed by atoms with E-state index in [9.17, 15) is 0 Å². The SMILES string of the molecule is CCCCCCCCCCNc1nnc(CNC(C)C)o1. The van der Waals surface area contributed by atoms with Crippen LogP contribution in [0.1, 0.15) is 78.0 Å². The summed E-state index contributed by atoms with van der Waals surface area (Å²) in [6.45, 7) is 7.99. The molecule has 0 aliphatic carbocycles. The quantitative estimate of drug-likeness (QED) is 0.536. The van der Waals surface area contributed by atoms with Gasteiger partial charge in [0, 0.05) is 12.6 Å². The minimum atomic E-state index is 0.422. The van der Waals surface area contributed by atoms with E-state index < -0.39 is 0 Å². The summed E-state index contributed by atoms with van der Waals surface area (Å²) < 4.78 is 5.51. The maximum atomic E-state index is 5.51. The predicted molar refractivity (Wildman–Crippen MR) is 87.4 cm³/mol. The maximum Gasteiger partial charge on any atom is 0.315 e. The molecule has 0 saturated carbocycles. The molecule has 0 aromatic carbocycles. The van der Waals surface area contributed by atoms with Gasteiger partial charge in [0.25, 0.3) is 0 Å². The Morgan fingerprint density at radius 2 is 1.62 bits per heavy atom. The second-order valence-electron chi connectivity index (χ2n) is 5.94. The van der Waals surface area contributed by atoms with E-state index in [1.165, 1.54) is 44.9 Å². The van der Waals surface area contributed by atoms with E-state index in [1.807, 2.05) is 0 Å². The molecule has 0 saturated heterocycles. The van der Waals surface area contributed by atoms with Crippen molar-refractivity contribution in [1.29, 1.82) is 0 Å². The van der Waals surface area contributed by atoms with E-state index >= 15 is 0 Å². The van der Waals surface area contributed by atoms with Gasteiger partial charge in [-0.25, -0.2) is 0 Å². The zero-order chi connectivity index (χ0) is 15.3. The van der Waals surface area contributed by atoms with Crippen LogP contribution in [0.25, 0.3) is 0 Å². The number of aromatic nitrogens is 2. The third-order valence-corrected chi connectivity index (χ3v) is 3.43. The Morgan fingerprint density at radius 3 is 2.29 bits per heavy atom. The van der Waals surface area contributed by atoms with Crippen molar-refractivity contribution in [3.63, 3.8) is 0 Å². The molecule has 1 aromatic heterocycles. The summed E-state index contributed by atoms with van der Waals surface area (Å²) in [5.74, 6) is 0.641. The molecule has 122 valence electrons. The van der Waals surface area contributed by atoms with E-state index in [-0.39, 0.29) is 0 Å². The van der Waals surface area contributed by atoms with E-state index in [0.29, 0.717) is 24.5 Å². The summed E-state index contributed by atoms with van der Waals surface area (Å²) in [4.78, 5) is 0. The van der Waals surface area contributed by atoms with E-state index in [2.05, 4.69) is 41.6 Å². The number of nitrogens with one attached hydrogen (secondary N) is 2. The fourth-order valence-electron chi connectivity index (χ4n) is 2.14. The Kier molecular flexibility index (Phi) is 9.87. The Hall–Kier alpha value is -1.10. The van der Waals surface area contributed by atoms with Gasteiger partial charge in [0.05, 0.1) is 6.54 Å².